The molecule has 0 radical (unpaired) electrons. The van der Waals surface area contributed by atoms with Crippen LogP contribution in [0.1, 0.15) is 15.9 Å². The summed E-state index contributed by atoms with van der Waals surface area (Å²) < 4.78 is 2.14. The Bertz CT molecular complexity index is 1070. The van der Waals surface area contributed by atoms with E-state index in [9.17, 15) is 4.79 Å². The number of hydrogen-bond acceptors (Lipinski definition) is 3. The first-order chi connectivity index (χ1) is 13.2. The molecule has 5 heteroatoms. The van der Waals surface area contributed by atoms with Gasteiger partial charge in [-0.1, -0.05) is 29.8 Å². The van der Waals surface area contributed by atoms with Crippen LogP contribution in [-0.4, -0.2) is 27.0 Å². The molecule has 0 unspecified atom stereocenters. The number of para-hydroxylation sites is 2. The van der Waals surface area contributed by atoms with Crippen molar-refractivity contribution in [3.05, 3.63) is 84.2 Å². The fourth-order valence-corrected chi connectivity index (χ4v) is 3.11. The second-order valence-electron chi connectivity index (χ2n) is 6.43. The summed E-state index contributed by atoms with van der Waals surface area (Å²) in [6.45, 7) is 3.16. The molecule has 2 aromatic carbocycles. The molecule has 0 aliphatic carbocycles. The number of carbonyl (C=O) groups excluding carboxylic acids is 1. The minimum atomic E-state index is -0.0649. The van der Waals surface area contributed by atoms with Gasteiger partial charge in [0.1, 0.15) is 5.82 Å². The van der Waals surface area contributed by atoms with Crippen molar-refractivity contribution in [1.82, 2.24) is 19.9 Å². The van der Waals surface area contributed by atoms with Crippen LogP contribution in [0.2, 0.25) is 0 Å². The number of rotatable bonds is 5. The van der Waals surface area contributed by atoms with Crippen molar-refractivity contribution in [2.24, 2.45) is 0 Å². The molecular formula is C22H20N4O. The molecule has 134 valence electrons. The van der Waals surface area contributed by atoms with Crippen LogP contribution in [0.4, 0.5) is 0 Å². The largest absolute Gasteiger partial charge is 0.350 e. The number of nitrogens with one attached hydrogen (secondary N) is 1. The first kappa shape index (κ1) is 17.0. The molecule has 4 aromatic rings. The van der Waals surface area contributed by atoms with Gasteiger partial charge in [-0.15, -0.1) is 0 Å². The highest BCUT2D eigenvalue weighted by molar-refractivity contribution is 5.94. The van der Waals surface area contributed by atoms with Crippen LogP contribution in [-0.2, 0) is 6.54 Å². The Balaban J connectivity index is 1.56. The van der Waals surface area contributed by atoms with E-state index in [1.807, 2.05) is 61.5 Å². The molecule has 0 aliphatic rings. The molecule has 1 amide bonds. The first-order valence-electron chi connectivity index (χ1n) is 8.93. The molecule has 0 saturated heterocycles. The summed E-state index contributed by atoms with van der Waals surface area (Å²) >= 11 is 0. The van der Waals surface area contributed by atoms with Gasteiger partial charge in [0.15, 0.2) is 0 Å². The molecule has 1 N–H and O–H groups in total. The van der Waals surface area contributed by atoms with Crippen LogP contribution in [0.3, 0.4) is 0 Å². The van der Waals surface area contributed by atoms with Gasteiger partial charge in [0, 0.05) is 36.6 Å². The van der Waals surface area contributed by atoms with Crippen molar-refractivity contribution in [3.63, 3.8) is 0 Å². The first-order valence-corrected chi connectivity index (χ1v) is 8.93. The van der Waals surface area contributed by atoms with Crippen LogP contribution < -0.4 is 5.32 Å². The third-order valence-electron chi connectivity index (χ3n) is 4.53. The number of aromatic nitrogens is 3. The molecule has 0 saturated carbocycles. The number of fused-ring (bicyclic) bond motifs is 1. The zero-order valence-electron chi connectivity index (χ0n) is 15.1. The molecule has 27 heavy (non-hydrogen) atoms. The van der Waals surface area contributed by atoms with Crippen molar-refractivity contribution in [1.29, 1.82) is 0 Å². The standard InChI is InChI=1S/C22H20N4O/c1-16-6-8-18(9-7-16)22(27)24-14-15-26-20-5-3-2-4-19(20)25-21(26)17-10-12-23-13-11-17/h2-13H,14-15H2,1H3,(H,24,27). The molecular weight excluding hydrogens is 336 g/mol. The van der Waals surface area contributed by atoms with E-state index < -0.39 is 0 Å². The number of hydrogen-bond donors (Lipinski definition) is 1. The highest BCUT2D eigenvalue weighted by Gasteiger charge is 2.12. The van der Waals surface area contributed by atoms with Gasteiger partial charge >= 0.3 is 0 Å². The maximum atomic E-state index is 12.4. The second-order valence-corrected chi connectivity index (χ2v) is 6.43. The molecule has 0 spiro atoms. The third kappa shape index (κ3) is 3.58. The number of nitrogens with zero attached hydrogens (tertiary/aromatic N) is 3. The Morgan fingerprint density at radius 2 is 1.74 bits per heavy atom. The Morgan fingerprint density at radius 3 is 2.52 bits per heavy atom. The fourth-order valence-electron chi connectivity index (χ4n) is 3.11. The van der Waals surface area contributed by atoms with Crippen molar-refractivity contribution in [3.8, 4) is 11.4 Å². The van der Waals surface area contributed by atoms with Gasteiger partial charge < -0.3 is 9.88 Å². The zero-order valence-corrected chi connectivity index (χ0v) is 15.1. The van der Waals surface area contributed by atoms with Crippen molar-refractivity contribution in [2.75, 3.05) is 6.54 Å². The number of imidazole rings is 1. The van der Waals surface area contributed by atoms with Crippen LogP contribution >= 0.6 is 0 Å². The third-order valence-corrected chi connectivity index (χ3v) is 4.53. The van der Waals surface area contributed by atoms with Gasteiger partial charge in [0.25, 0.3) is 5.91 Å². The van der Waals surface area contributed by atoms with Crippen molar-refractivity contribution in [2.45, 2.75) is 13.5 Å². The summed E-state index contributed by atoms with van der Waals surface area (Å²) in [4.78, 5) is 21.2. The van der Waals surface area contributed by atoms with Gasteiger partial charge in [-0.05, 0) is 43.3 Å². The highest BCUT2D eigenvalue weighted by atomic mass is 16.1. The molecule has 5 nitrogen and oxygen atoms in total. The molecule has 4 rings (SSSR count). The van der Waals surface area contributed by atoms with E-state index in [4.69, 9.17) is 4.98 Å². The van der Waals surface area contributed by atoms with E-state index in [2.05, 4.69) is 20.9 Å². The van der Waals surface area contributed by atoms with Crippen LogP contribution in [0.15, 0.2) is 73.1 Å². The van der Waals surface area contributed by atoms with Crippen LogP contribution in [0, 0.1) is 6.92 Å². The maximum Gasteiger partial charge on any atom is 0.251 e. The zero-order chi connectivity index (χ0) is 18.6. The summed E-state index contributed by atoms with van der Waals surface area (Å²) in [5.41, 5.74) is 4.80. The van der Waals surface area contributed by atoms with Crippen molar-refractivity contribution >= 4 is 16.9 Å². The number of pyridine rings is 1. The Hall–Kier alpha value is -3.47. The minimum Gasteiger partial charge on any atom is -0.350 e. The van der Waals surface area contributed by atoms with Crippen molar-refractivity contribution < 1.29 is 4.79 Å². The Morgan fingerprint density at radius 1 is 1.00 bits per heavy atom. The molecule has 2 heterocycles. The number of carbonyl (C=O) groups is 1. The van der Waals surface area contributed by atoms with Gasteiger partial charge in [0.2, 0.25) is 0 Å². The summed E-state index contributed by atoms with van der Waals surface area (Å²) in [6.07, 6.45) is 3.52. The van der Waals surface area contributed by atoms with Crippen LogP contribution in [0.5, 0.6) is 0 Å². The predicted octanol–water partition coefficient (Wildman–Crippen LogP) is 3.84. The van der Waals surface area contributed by atoms with Crippen LogP contribution in [0.25, 0.3) is 22.4 Å². The normalized spacial score (nSPS) is 10.9. The van der Waals surface area contributed by atoms with Gasteiger partial charge in [0.05, 0.1) is 11.0 Å². The lowest BCUT2D eigenvalue weighted by molar-refractivity contribution is 0.0952. The number of aryl methyl sites for hydroxylation is 1. The molecule has 0 atom stereocenters. The molecule has 0 bridgehead atoms. The van der Waals surface area contributed by atoms with E-state index in [1.54, 1.807) is 12.4 Å². The lowest BCUT2D eigenvalue weighted by Gasteiger charge is -2.11. The average molecular weight is 356 g/mol. The monoisotopic (exact) mass is 356 g/mol. The highest BCUT2D eigenvalue weighted by Crippen LogP contribution is 2.24. The Kier molecular flexibility index (Phi) is 4.66. The summed E-state index contributed by atoms with van der Waals surface area (Å²) in [5, 5.41) is 3.00. The molecule has 0 aliphatic heterocycles. The van der Waals surface area contributed by atoms with E-state index in [0.29, 0.717) is 18.7 Å². The van der Waals surface area contributed by atoms with Gasteiger partial charge in [-0.3, -0.25) is 9.78 Å². The topological polar surface area (TPSA) is 59.8 Å². The van der Waals surface area contributed by atoms with E-state index in [0.717, 1.165) is 28.0 Å². The SMILES string of the molecule is Cc1ccc(C(=O)NCCn2c(-c3ccncc3)nc3ccccc32)cc1. The summed E-state index contributed by atoms with van der Waals surface area (Å²) in [6, 6.07) is 19.5. The summed E-state index contributed by atoms with van der Waals surface area (Å²) in [5.74, 6) is 0.813. The lowest BCUT2D eigenvalue weighted by atomic mass is 10.1. The van der Waals surface area contributed by atoms with E-state index >= 15 is 0 Å². The summed E-state index contributed by atoms with van der Waals surface area (Å²) in [7, 11) is 0. The van der Waals surface area contributed by atoms with Gasteiger partial charge in [-0.25, -0.2) is 4.98 Å². The Labute approximate surface area is 157 Å². The van der Waals surface area contributed by atoms with E-state index in [-0.39, 0.29) is 5.91 Å². The maximum absolute atomic E-state index is 12.4. The van der Waals surface area contributed by atoms with Gasteiger partial charge in [-0.2, -0.15) is 0 Å². The molecule has 0 fully saturated rings. The number of benzene rings is 2. The predicted molar refractivity (Wildman–Crippen MR) is 106 cm³/mol. The molecule has 2 aromatic heterocycles. The smallest absolute Gasteiger partial charge is 0.251 e. The minimum absolute atomic E-state index is 0.0649. The quantitative estimate of drug-likeness (QED) is 0.591. The lowest BCUT2D eigenvalue weighted by Crippen LogP contribution is -2.27. The number of amides is 1. The van der Waals surface area contributed by atoms with E-state index in [1.165, 1.54) is 0 Å². The average Bonchev–Trinajstić information content (AvgIpc) is 3.08. The second kappa shape index (κ2) is 7.41. The fraction of sp³-hybridized carbons (Fsp3) is 0.136.